The van der Waals surface area contributed by atoms with Gasteiger partial charge in [-0.2, -0.15) is 0 Å². The molecule has 0 aliphatic carbocycles. The average Bonchev–Trinajstić information content (AvgIpc) is 2.56. The quantitative estimate of drug-likeness (QED) is 0.782. The lowest BCUT2D eigenvalue weighted by Crippen LogP contribution is -2.15. The van der Waals surface area contributed by atoms with Crippen LogP contribution in [0.3, 0.4) is 0 Å². The van der Waals surface area contributed by atoms with Gasteiger partial charge in [-0.25, -0.2) is 14.4 Å². The van der Waals surface area contributed by atoms with Crippen molar-refractivity contribution in [2.45, 2.75) is 13.0 Å². The summed E-state index contributed by atoms with van der Waals surface area (Å²) in [5.41, 5.74) is 1.03. The molecule has 0 amide bonds. The van der Waals surface area contributed by atoms with E-state index in [2.05, 4.69) is 9.97 Å². The van der Waals surface area contributed by atoms with Crippen molar-refractivity contribution in [1.29, 1.82) is 0 Å². The molecule has 0 saturated heterocycles. The lowest BCUT2D eigenvalue weighted by molar-refractivity contribution is 0.129. The van der Waals surface area contributed by atoms with Gasteiger partial charge in [0.15, 0.2) is 0 Å². The molecule has 0 fully saturated rings. The Hall–Kier alpha value is -2.73. The number of rotatable bonds is 5. The average molecular weight is 314 g/mol. The van der Waals surface area contributed by atoms with E-state index >= 15 is 0 Å². The van der Waals surface area contributed by atoms with Crippen molar-refractivity contribution in [2.24, 2.45) is 0 Å². The Morgan fingerprint density at radius 3 is 2.57 bits per heavy atom. The first-order valence-electron chi connectivity index (χ1n) is 7.12. The molecule has 118 valence electrons. The molecular weight excluding hydrogens is 299 g/mol. The van der Waals surface area contributed by atoms with Crippen LogP contribution in [-0.2, 0) is 0 Å². The fourth-order valence-electron chi connectivity index (χ4n) is 1.99. The summed E-state index contributed by atoms with van der Waals surface area (Å²) in [6.45, 7) is 1.73. The highest BCUT2D eigenvalue weighted by atomic mass is 19.1. The highest BCUT2D eigenvalue weighted by Gasteiger charge is 2.05. The smallest absolute Gasteiger partial charge is 0.238 e. The number of aromatic nitrogens is 2. The number of halogens is 1. The normalized spacial score (nSPS) is 12.1. The molecule has 0 aliphatic rings. The fourth-order valence-corrected chi connectivity index (χ4v) is 1.99. The zero-order valence-corrected chi connectivity index (χ0v) is 12.4. The summed E-state index contributed by atoms with van der Waals surface area (Å²) in [5.74, 6) is 1.18. The van der Waals surface area contributed by atoms with Crippen molar-refractivity contribution in [3.63, 3.8) is 0 Å². The molecule has 1 aromatic heterocycles. The third-order valence-electron chi connectivity index (χ3n) is 3.12. The van der Waals surface area contributed by atoms with Crippen molar-refractivity contribution >= 4 is 11.0 Å². The van der Waals surface area contributed by atoms with Crippen molar-refractivity contribution in [1.82, 2.24) is 9.97 Å². The van der Waals surface area contributed by atoms with Gasteiger partial charge in [-0.05, 0) is 43.3 Å². The number of fused-ring (bicyclic) bond motifs is 1. The van der Waals surface area contributed by atoms with Crippen LogP contribution in [0.4, 0.5) is 4.39 Å². The fraction of sp³-hybridized carbons (Fsp3) is 0.176. The second-order valence-electron chi connectivity index (χ2n) is 5.03. The van der Waals surface area contributed by atoms with Gasteiger partial charge in [-0.3, -0.25) is 0 Å². The molecule has 1 N–H and O–H groups in total. The van der Waals surface area contributed by atoms with Gasteiger partial charge in [0.1, 0.15) is 23.4 Å². The minimum absolute atomic E-state index is 0.0501. The van der Waals surface area contributed by atoms with Gasteiger partial charge >= 0.3 is 0 Å². The second kappa shape index (κ2) is 6.58. The van der Waals surface area contributed by atoms with Crippen molar-refractivity contribution in [3.05, 3.63) is 54.5 Å². The predicted octanol–water partition coefficient (Wildman–Crippen LogP) is 3.32. The number of benzene rings is 2. The third-order valence-corrected chi connectivity index (χ3v) is 3.12. The van der Waals surface area contributed by atoms with E-state index in [1.165, 1.54) is 18.3 Å². The Labute approximate surface area is 132 Å². The number of hydrogen-bond donors (Lipinski definition) is 1. The minimum atomic E-state index is -0.354. The third kappa shape index (κ3) is 3.73. The zero-order chi connectivity index (χ0) is 16.2. The SMILES string of the molecule is CC(CO)Oc1ccc(Oc2cnc3cc(F)ccc3n2)cc1. The number of ether oxygens (including phenoxy) is 2. The summed E-state index contributed by atoms with van der Waals surface area (Å²) in [7, 11) is 0. The van der Waals surface area contributed by atoms with Gasteiger partial charge in [-0.15, -0.1) is 0 Å². The zero-order valence-electron chi connectivity index (χ0n) is 12.4. The highest BCUT2D eigenvalue weighted by Crippen LogP contribution is 2.24. The summed E-state index contributed by atoms with van der Waals surface area (Å²) in [4.78, 5) is 8.41. The molecule has 1 atom stereocenters. The van der Waals surface area contributed by atoms with E-state index in [9.17, 15) is 4.39 Å². The molecule has 0 saturated carbocycles. The Bertz CT molecular complexity index is 809. The van der Waals surface area contributed by atoms with E-state index in [4.69, 9.17) is 14.6 Å². The van der Waals surface area contributed by atoms with E-state index < -0.39 is 0 Å². The standard InChI is InChI=1S/C17H15FN2O3/c1-11(10-21)22-13-3-5-14(6-4-13)23-17-9-19-16-8-12(18)2-7-15(16)20-17/h2-9,11,21H,10H2,1H3. The number of aliphatic hydroxyl groups is 1. The van der Waals surface area contributed by atoms with Gasteiger partial charge in [-0.1, -0.05) is 0 Å². The van der Waals surface area contributed by atoms with Crippen molar-refractivity contribution < 1.29 is 19.0 Å². The largest absolute Gasteiger partial charge is 0.488 e. The number of hydrogen-bond acceptors (Lipinski definition) is 5. The van der Waals surface area contributed by atoms with Crippen LogP contribution in [0.15, 0.2) is 48.7 Å². The summed E-state index contributed by atoms with van der Waals surface area (Å²) >= 11 is 0. The first-order valence-corrected chi connectivity index (χ1v) is 7.12. The molecule has 2 aromatic carbocycles. The van der Waals surface area contributed by atoms with Crippen molar-refractivity contribution in [2.75, 3.05) is 6.61 Å². The van der Waals surface area contributed by atoms with E-state index in [1.807, 2.05) is 0 Å². The molecule has 0 spiro atoms. The summed E-state index contributed by atoms with van der Waals surface area (Å²) in [6.07, 6.45) is 1.17. The molecule has 23 heavy (non-hydrogen) atoms. The Morgan fingerprint density at radius 2 is 1.83 bits per heavy atom. The lowest BCUT2D eigenvalue weighted by atomic mass is 10.3. The predicted molar refractivity (Wildman–Crippen MR) is 83.2 cm³/mol. The molecule has 0 aliphatic heterocycles. The molecule has 6 heteroatoms. The number of nitrogens with zero attached hydrogens (tertiary/aromatic N) is 2. The Balaban J connectivity index is 1.75. The molecule has 3 rings (SSSR count). The molecule has 0 radical (unpaired) electrons. The van der Waals surface area contributed by atoms with Crippen LogP contribution in [0.25, 0.3) is 11.0 Å². The van der Waals surface area contributed by atoms with Crippen LogP contribution in [0, 0.1) is 5.82 Å². The van der Waals surface area contributed by atoms with Crippen LogP contribution in [0.1, 0.15) is 6.92 Å². The van der Waals surface area contributed by atoms with Crippen LogP contribution < -0.4 is 9.47 Å². The molecule has 0 bridgehead atoms. The van der Waals surface area contributed by atoms with Crippen molar-refractivity contribution in [3.8, 4) is 17.4 Å². The van der Waals surface area contributed by atoms with Crippen LogP contribution in [-0.4, -0.2) is 27.8 Å². The van der Waals surface area contributed by atoms with E-state index in [0.29, 0.717) is 28.4 Å². The summed E-state index contributed by atoms with van der Waals surface area (Å²) in [6, 6.07) is 11.1. The lowest BCUT2D eigenvalue weighted by Gasteiger charge is -2.12. The second-order valence-corrected chi connectivity index (χ2v) is 5.03. The van der Waals surface area contributed by atoms with Crippen LogP contribution in [0.2, 0.25) is 0 Å². The van der Waals surface area contributed by atoms with Crippen LogP contribution in [0.5, 0.6) is 17.4 Å². The van der Waals surface area contributed by atoms with E-state index in [1.54, 1.807) is 37.3 Å². The maximum absolute atomic E-state index is 13.1. The molecule has 5 nitrogen and oxygen atoms in total. The van der Waals surface area contributed by atoms with Gasteiger partial charge in [0.2, 0.25) is 5.88 Å². The van der Waals surface area contributed by atoms with Gasteiger partial charge in [0, 0.05) is 6.07 Å². The highest BCUT2D eigenvalue weighted by molar-refractivity contribution is 5.74. The van der Waals surface area contributed by atoms with E-state index in [-0.39, 0.29) is 18.5 Å². The topological polar surface area (TPSA) is 64.5 Å². The summed E-state index contributed by atoms with van der Waals surface area (Å²) < 4.78 is 24.2. The Morgan fingerprint density at radius 1 is 1.09 bits per heavy atom. The Kier molecular flexibility index (Phi) is 4.34. The molecular formula is C17H15FN2O3. The maximum atomic E-state index is 13.1. The van der Waals surface area contributed by atoms with Gasteiger partial charge in [0.05, 0.1) is 23.8 Å². The number of aliphatic hydroxyl groups excluding tert-OH is 1. The van der Waals surface area contributed by atoms with Crippen LogP contribution >= 0.6 is 0 Å². The van der Waals surface area contributed by atoms with Gasteiger partial charge in [0.25, 0.3) is 0 Å². The maximum Gasteiger partial charge on any atom is 0.238 e. The van der Waals surface area contributed by atoms with E-state index in [0.717, 1.165) is 0 Å². The summed E-state index contributed by atoms with van der Waals surface area (Å²) in [5, 5.41) is 8.96. The molecule has 3 aromatic rings. The molecule has 1 unspecified atom stereocenters. The first kappa shape index (κ1) is 15.2. The minimum Gasteiger partial charge on any atom is -0.488 e. The molecule has 1 heterocycles. The monoisotopic (exact) mass is 314 g/mol. The van der Waals surface area contributed by atoms with Gasteiger partial charge < -0.3 is 14.6 Å². The first-order chi connectivity index (χ1) is 11.1.